The van der Waals surface area contributed by atoms with Crippen molar-refractivity contribution in [2.75, 3.05) is 38.0 Å². The molecular formula is C19H22N4O3. The molecule has 136 valence electrons. The molecule has 26 heavy (non-hydrogen) atoms. The van der Waals surface area contributed by atoms with Crippen LogP contribution in [0.15, 0.2) is 18.2 Å². The van der Waals surface area contributed by atoms with Crippen molar-refractivity contribution < 1.29 is 14.2 Å². The highest BCUT2D eigenvalue weighted by Gasteiger charge is 2.22. The maximum Gasteiger partial charge on any atom is 0.235 e. The summed E-state index contributed by atoms with van der Waals surface area (Å²) in [5.74, 6) is 2.42. The lowest BCUT2D eigenvalue weighted by molar-refractivity contribution is 0.326. The Labute approximate surface area is 152 Å². The van der Waals surface area contributed by atoms with Gasteiger partial charge in [0.1, 0.15) is 17.5 Å². The highest BCUT2D eigenvalue weighted by Crippen LogP contribution is 2.35. The Morgan fingerprint density at radius 1 is 1.19 bits per heavy atom. The summed E-state index contributed by atoms with van der Waals surface area (Å²) in [4.78, 5) is 6.63. The molecule has 0 saturated carbocycles. The normalized spacial score (nSPS) is 12.9. The Hall–Kier alpha value is -3.14. The predicted octanol–water partition coefficient (Wildman–Crippen LogP) is 2.51. The molecule has 3 rings (SSSR count). The van der Waals surface area contributed by atoms with Gasteiger partial charge in [-0.1, -0.05) is 0 Å². The molecule has 1 aliphatic heterocycles. The van der Waals surface area contributed by atoms with E-state index < -0.39 is 0 Å². The topological polar surface area (TPSA) is 93.6 Å². The molecule has 1 aromatic heterocycles. The molecule has 1 aliphatic rings. The zero-order chi connectivity index (χ0) is 18.7. The standard InChI is InChI=1S/C19H22N4O3/c1-4-26-19-14(10-20)15(21)9-18(22-19)23-6-5-12-7-16(24-2)17(25-3)8-13(12)11-23/h7-9H,4-6,11H2,1-3H3,(H2,21,22). The fourth-order valence-electron chi connectivity index (χ4n) is 3.12. The van der Waals surface area contributed by atoms with Gasteiger partial charge in [-0.15, -0.1) is 0 Å². The molecule has 0 atom stereocenters. The van der Waals surface area contributed by atoms with Crippen LogP contribution < -0.4 is 24.8 Å². The van der Waals surface area contributed by atoms with Crippen molar-refractivity contribution in [2.45, 2.75) is 19.9 Å². The number of nitrogens with zero attached hydrogens (tertiary/aromatic N) is 3. The van der Waals surface area contributed by atoms with Gasteiger partial charge in [0.05, 0.1) is 26.5 Å². The van der Waals surface area contributed by atoms with Crippen LogP contribution in [0.3, 0.4) is 0 Å². The maximum atomic E-state index is 9.27. The van der Waals surface area contributed by atoms with Crippen molar-refractivity contribution in [3.63, 3.8) is 0 Å². The molecule has 0 radical (unpaired) electrons. The summed E-state index contributed by atoms with van der Waals surface area (Å²) in [5.41, 5.74) is 9.07. The monoisotopic (exact) mass is 354 g/mol. The smallest absolute Gasteiger partial charge is 0.235 e. The third kappa shape index (κ3) is 3.18. The molecule has 0 amide bonds. The lowest BCUT2D eigenvalue weighted by atomic mass is 9.98. The summed E-state index contributed by atoms with van der Waals surface area (Å²) < 4.78 is 16.3. The summed E-state index contributed by atoms with van der Waals surface area (Å²) in [6, 6.07) is 7.81. The summed E-state index contributed by atoms with van der Waals surface area (Å²) in [6.07, 6.45) is 0.848. The fourth-order valence-corrected chi connectivity index (χ4v) is 3.12. The van der Waals surface area contributed by atoms with Crippen LogP contribution in [0.1, 0.15) is 23.6 Å². The van der Waals surface area contributed by atoms with Gasteiger partial charge < -0.3 is 24.8 Å². The van der Waals surface area contributed by atoms with Gasteiger partial charge in [0.15, 0.2) is 11.5 Å². The van der Waals surface area contributed by atoms with E-state index in [9.17, 15) is 5.26 Å². The number of hydrogen-bond acceptors (Lipinski definition) is 7. The van der Waals surface area contributed by atoms with Crippen molar-refractivity contribution in [1.29, 1.82) is 5.26 Å². The van der Waals surface area contributed by atoms with Crippen LogP contribution in [-0.2, 0) is 13.0 Å². The van der Waals surface area contributed by atoms with E-state index in [1.807, 2.05) is 19.1 Å². The van der Waals surface area contributed by atoms with E-state index >= 15 is 0 Å². The first-order chi connectivity index (χ1) is 12.6. The minimum Gasteiger partial charge on any atom is -0.493 e. The van der Waals surface area contributed by atoms with Crippen LogP contribution in [0, 0.1) is 11.3 Å². The van der Waals surface area contributed by atoms with Gasteiger partial charge in [-0.05, 0) is 36.6 Å². The predicted molar refractivity (Wildman–Crippen MR) is 98.8 cm³/mol. The number of aromatic nitrogens is 1. The summed E-state index contributed by atoms with van der Waals surface area (Å²) in [6.45, 7) is 3.72. The average Bonchev–Trinajstić information content (AvgIpc) is 2.66. The molecule has 2 N–H and O–H groups in total. The molecule has 0 aliphatic carbocycles. The van der Waals surface area contributed by atoms with E-state index in [2.05, 4.69) is 16.0 Å². The van der Waals surface area contributed by atoms with E-state index in [1.165, 1.54) is 5.56 Å². The molecule has 7 nitrogen and oxygen atoms in total. The quantitative estimate of drug-likeness (QED) is 0.881. The first-order valence-corrected chi connectivity index (χ1v) is 8.43. The minimum atomic E-state index is 0.277. The SMILES string of the molecule is CCOc1nc(N2CCc3cc(OC)c(OC)cc3C2)cc(N)c1C#N. The molecule has 0 fully saturated rings. The Morgan fingerprint density at radius 3 is 2.50 bits per heavy atom. The van der Waals surface area contributed by atoms with E-state index in [1.54, 1.807) is 20.3 Å². The Morgan fingerprint density at radius 2 is 1.88 bits per heavy atom. The number of nitriles is 1. The first kappa shape index (κ1) is 17.7. The summed E-state index contributed by atoms with van der Waals surface area (Å²) >= 11 is 0. The van der Waals surface area contributed by atoms with Crippen LogP contribution >= 0.6 is 0 Å². The third-order valence-corrected chi connectivity index (χ3v) is 4.44. The number of benzene rings is 1. The van der Waals surface area contributed by atoms with Gasteiger partial charge in [-0.2, -0.15) is 10.2 Å². The highest BCUT2D eigenvalue weighted by molar-refractivity contribution is 5.65. The van der Waals surface area contributed by atoms with Crippen molar-refractivity contribution in [2.24, 2.45) is 0 Å². The second-order valence-corrected chi connectivity index (χ2v) is 5.94. The lowest BCUT2D eigenvalue weighted by Gasteiger charge is -2.31. The van der Waals surface area contributed by atoms with Gasteiger partial charge >= 0.3 is 0 Å². The fraction of sp³-hybridized carbons (Fsp3) is 0.368. The largest absolute Gasteiger partial charge is 0.493 e. The van der Waals surface area contributed by atoms with E-state index in [4.69, 9.17) is 19.9 Å². The lowest BCUT2D eigenvalue weighted by Crippen LogP contribution is -2.31. The Kier molecular flexibility index (Phi) is 5.03. The molecular weight excluding hydrogens is 332 g/mol. The van der Waals surface area contributed by atoms with Crippen molar-refractivity contribution >= 4 is 11.5 Å². The van der Waals surface area contributed by atoms with Crippen molar-refractivity contribution in [1.82, 2.24) is 4.98 Å². The number of nitrogens with two attached hydrogens (primary N) is 1. The molecule has 2 heterocycles. The number of pyridine rings is 1. The van der Waals surface area contributed by atoms with Crippen LogP contribution in [0.2, 0.25) is 0 Å². The van der Waals surface area contributed by atoms with Crippen LogP contribution in [0.5, 0.6) is 17.4 Å². The molecule has 0 spiro atoms. The minimum absolute atomic E-state index is 0.277. The molecule has 2 aromatic rings. The Bertz CT molecular complexity index is 861. The van der Waals surface area contributed by atoms with Crippen LogP contribution in [0.4, 0.5) is 11.5 Å². The second kappa shape index (κ2) is 7.40. The molecule has 0 saturated heterocycles. The van der Waals surface area contributed by atoms with Gasteiger partial charge in [0.2, 0.25) is 5.88 Å². The molecule has 1 aromatic carbocycles. The zero-order valence-corrected chi connectivity index (χ0v) is 15.2. The molecule has 0 bridgehead atoms. The third-order valence-electron chi connectivity index (χ3n) is 4.44. The van der Waals surface area contributed by atoms with Crippen LogP contribution in [0.25, 0.3) is 0 Å². The highest BCUT2D eigenvalue weighted by atomic mass is 16.5. The van der Waals surface area contributed by atoms with E-state index in [0.29, 0.717) is 30.4 Å². The van der Waals surface area contributed by atoms with E-state index in [-0.39, 0.29) is 11.4 Å². The zero-order valence-electron chi connectivity index (χ0n) is 15.2. The molecule has 7 heteroatoms. The van der Waals surface area contributed by atoms with Gasteiger partial charge in [0, 0.05) is 19.2 Å². The van der Waals surface area contributed by atoms with Crippen molar-refractivity contribution in [3.05, 3.63) is 34.9 Å². The molecule has 0 unspecified atom stereocenters. The first-order valence-electron chi connectivity index (χ1n) is 8.43. The average molecular weight is 354 g/mol. The number of anilines is 2. The van der Waals surface area contributed by atoms with Crippen LogP contribution in [-0.4, -0.2) is 32.4 Å². The maximum absolute atomic E-state index is 9.27. The van der Waals surface area contributed by atoms with E-state index in [0.717, 1.165) is 24.3 Å². The summed E-state index contributed by atoms with van der Waals surface area (Å²) in [5, 5.41) is 9.27. The van der Waals surface area contributed by atoms with Gasteiger partial charge in [-0.3, -0.25) is 0 Å². The Balaban J connectivity index is 1.95. The van der Waals surface area contributed by atoms with Gasteiger partial charge in [0.25, 0.3) is 0 Å². The number of hydrogen-bond donors (Lipinski definition) is 1. The summed E-state index contributed by atoms with van der Waals surface area (Å²) in [7, 11) is 3.26. The number of nitrogen functional groups attached to an aromatic ring is 1. The second-order valence-electron chi connectivity index (χ2n) is 5.94. The number of methoxy groups -OCH3 is 2. The number of fused-ring (bicyclic) bond motifs is 1. The van der Waals surface area contributed by atoms with Gasteiger partial charge in [-0.25, -0.2) is 0 Å². The number of ether oxygens (including phenoxy) is 3. The number of rotatable bonds is 5. The van der Waals surface area contributed by atoms with Crippen molar-refractivity contribution in [3.8, 4) is 23.4 Å².